The van der Waals surface area contributed by atoms with Crippen LogP contribution in [0.5, 0.6) is 0 Å². The molecule has 13 heavy (non-hydrogen) atoms. The zero-order chi connectivity index (χ0) is 9.36. The molecule has 0 spiro atoms. The summed E-state index contributed by atoms with van der Waals surface area (Å²) in [6.45, 7) is 3.90. The molecule has 1 heterocycles. The lowest BCUT2D eigenvalue weighted by Crippen LogP contribution is -2.56. The van der Waals surface area contributed by atoms with Gasteiger partial charge in [-0.1, -0.05) is 13.3 Å². The number of hydrogen-bond acceptors (Lipinski definition) is 2. The van der Waals surface area contributed by atoms with Gasteiger partial charge in [0, 0.05) is 12.1 Å². The van der Waals surface area contributed by atoms with E-state index < -0.39 is 0 Å². The van der Waals surface area contributed by atoms with Crippen LogP contribution in [0.25, 0.3) is 0 Å². The second-order valence-electron chi connectivity index (χ2n) is 5.27. The van der Waals surface area contributed by atoms with Crippen LogP contribution in [0, 0.1) is 5.41 Å². The summed E-state index contributed by atoms with van der Waals surface area (Å²) in [7, 11) is 0. The summed E-state index contributed by atoms with van der Waals surface area (Å²) in [5.41, 5.74) is 0.860. The van der Waals surface area contributed by atoms with E-state index >= 15 is 0 Å². The summed E-state index contributed by atoms with van der Waals surface area (Å²) in [5.74, 6) is 0. The van der Waals surface area contributed by atoms with Crippen molar-refractivity contribution < 1.29 is 5.11 Å². The lowest BCUT2D eigenvalue weighted by molar-refractivity contribution is 0.0390. The first-order valence-corrected chi connectivity index (χ1v) is 5.54. The van der Waals surface area contributed by atoms with Crippen LogP contribution in [0.3, 0.4) is 0 Å². The van der Waals surface area contributed by atoms with Crippen LogP contribution in [0.15, 0.2) is 0 Å². The van der Waals surface area contributed by atoms with Crippen molar-refractivity contribution in [2.24, 2.45) is 5.41 Å². The van der Waals surface area contributed by atoms with Crippen molar-refractivity contribution in [2.45, 2.75) is 51.0 Å². The Kier molecular flexibility index (Phi) is 2.37. The van der Waals surface area contributed by atoms with Gasteiger partial charge in [0.15, 0.2) is 0 Å². The third-order valence-electron chi connectivity index (χ3n) is 4.02. The van der Waals surface area contributed by atoms with E-state index in [2.05, 4.69) is 12.2 Å². The fourth-order valence-corrected chi connectivity index (χ4v) is 3.36. The molecule has 2 N–H and O–H groups in total. The van der Waals surface area contributed by atoms with E-state index in [9.17, 15) is 0 Å². The standard InChI is InChI=1S/C11H21NO/c1-10-3-2-4-11(9-10,6-8-13)12-7-5-10/h12-13H,2-9H2,1H3. The smallest absolute Gasteiger partial charge is 0.0448 e. The first-order valence-electron chi connectivity index (χ1n) is 5.54. The average Bonchev–Trinajstić information content (AvgIpc) is 2.02. The molecule has 2 aliphatic rings. The van der Waals surface area contributed by atoms with Crippen molar-refractivity contribution in [1.82, 2.24) is 5.32 Å². The van der Waals surface area contributed by atoms with Gasteiger partial charge in [-0.3, -0.25) is 0 Å². The maximum atomic E-state index is 9.07. The minimum Gasteiger partial charge on any atom is -0.396 e. The summed E-state index contributed by atoms with van der Waals surface area (Å²) in [5, 5.41) is 12.7. The van der Waals surface area contributed by atoms with Gasteiger partial charge in [-0.05, 0) is 44.1 Å². The molecule has 0 aromatic heterocycles. The normalized spacial score (nSPS) is 44.8. The lowest BCUT2D eigenvalue weighted by atomic mass is 9.62. The van der Waals surface area contributed by atoms with Crippen LogP contribution in [-0.2, 0) is 0 Å². The number of fused-ring (bicyclic) bond motifs is 2. The highest BCUT2D eigenvalue weighted by molar-refractivity contribution is 5.01. The molecule has 0 radical (unpaired) electrons. The number of piperidine rings is 1. The quantitative estimate of drug-likeness (QED) is 0.682. The number of hydrogen-bond donors (Lipinski definition) is 2. The van der Waals surface area contributed by atoms with Gasteiger partial charge in [-0.2, -0.15) is 0 Å². The molecule has 2 unspecified atom stereocenters. The molecule has 2 heteroatoms. The van der Waals surface area contributed by atoms with Crippen LogP contribution in [0.2, 0.25) is 0 Å². The molecule has 0 aromatic carbocycles. The average molecular weight is 183 g/mol. The van der Waals surface area contributed by atoms with Crippen molar-refractivity contribution in [3.8, 4) is 0 Å². The van der Waals surface area contributed by atoms with Crippen LogP contribution in [0.1, 0.15) is 45.4 Å². The number of rotatable bonds is 2. The third kappa shape index (κ3) is 1.75. The molecule has 1 saturated carbocycles. The molecule has 2 fully saturated rings. The zero-order valence-electron chi connectivity index (χ0n) is 8.60. The Labute approximate surface area is 80.7 Å². The molecule has 1 saturated heterocycles. The van der Waals surface area contributed by atoms with Crippen LogP contribution >= 0.6 is 0 Å². The second-order valence-corrected chi connectivity index (χ2v) is 5.27. The van der Waals surface area contributed by atoms with E-state index in [1.54, 1.807) is 0 Å². The second kappa shape index (κ2) is 3.25. The first-order chi connectivity index (χ1) is 6.18. The predicted molar refractivity (Wildman–Crippen MR) is 53.6 cm³/mol. The molecule has 1 aliphatic carbocycles. The van der Waals surface area contributed by atoms with Crippen molar-refractivity contribution in [3.63, 3.8) is 0 Å². The summed E-state index contributed by atoms with van der Waals surface area (Å²) in [6.07, 6.45) is 7.54. The highest BCUT2D eigenvalue weighted by Crippen LogP contribution is 2.47. The van der Waals surface area contributed by atoms with Crippen molar-refractivity contribution >= 4 is 0 Å². The summed E-state index contributed by atoms with van der Waals surface area (Å²) >= 11 is 0. The van der Waals surface area contributed by atoms with Gasteiger partial charge < -0.3 is 10.4 Å². The molecule has 0 aromatic rings. The maximum absolute atomic E-state index is 9.07. The Morgan fingerprint density at radius 1 is 1.31 bits per heavy atom. The molecule has 2 atom stereocenters. The fraction of sp³-hybridized carbons (Fsp3) is 1.00. The summed E-state index contributed by atoms with van der Waals surface area (Å²) in [4.78, 5) is 0. The molecule has 1 aliphatic heterocycles. The fourth-order valence-electron chi connectivity index (χ4n) is 3.36. The van der Waals surface area contributed by atoms with Crippen LogP contribution in [0.4, 0.5) is 0 Å². The van der Waals surface area contributed by atoms with Crippen molar-refractivity contribution in [3.05, 3.63) is 0 Å². The number of aliphatic hydroxyl groups excluding tert-OH is 1. The minimum absolute atomic E-state index is 0.292. The van der Waals surface area contributed by atoms with Gasteiger partial charge in [0.1, 0.15) is 0 Å². The molecule has 0 amide bonds. The highest BCUT2D eigenvalue weighted by Gasteiger charge is 2.44. The number of aliphatic hydroxyl groups is 1. The van der Waals surface area contributed by atoms with E-state index in [-0.39, 0.29) is 0 Å². The van der Waals surface area contributed by atoms with Gasteiger partial charge in [0.2, 0.25) is 0 Å². The Morgan fingerprint density at radius 2 is 2.15 bits per heavy atom. The third-order valence-corrected chi connectivity index (χ3v) is 4.02. The molecule has 2 bridgehead atoms. The molecular weight excluding hydrogens is 162 g/mol. The van der Waals surface area contributed by atoms with E-state index in [0.29, 0.717) is 17.6 Å². The van der Waals surface area contributed by atoms with Gasteiger partial charge >= 0.3 is 0 Å². The van der Waals surface area contributed by atoms with Gasteiger partial charge in [0.25, 0.3) is 0 Å². The van der Waals surface area contributed by atoms with E-state index in [1.165, 1.54) is 32.1 Å². The monoisotopic (exact) mass is 183 g/mol. The van der Waals surface area contributed by atoms with E-state index in [1.807, 2.05) is 0 Å². The summed E-state index contributed by atoms with van der Waals surface area (Å²) in [6, 6.07) is 0. The Balaban J connectivity index is 2.10. The van der Waals surface area contributed by atoms with Gasteiger partial charge in [-0.25, -0.2) is 0 Å². The Morgan fingerprint density at radius 3 is 2.92 bits per heavy atom. The van der Waals surface area contributed by atoms with Crippen molar-refractivity contribution in [2.75, 3.05) is 13.2 Å². The molecule has 76 valence electrons. The predicted octanol–water partition coefficient (Wildman–Crippen LogP) is 1.68. The lowest BCUT2D eigenvalue weighted by Gasteiger charge is -2.51. The highest BCUT2D eigenvalue weighted by atomic mass is 16.3. The van der Waals surface area contributed by atoms with E-state index in [4.69, 9.17) is 5.11 Å². The van der Waals surface area contributed by atoms with Crippen molar-refractivity contribution in [1.29, 1.82) is 0 Å². The minimum atomic E-state index is 0.292. The van der Waals surface area contributed by atoms with Crippen LogP contribution < -0.4 is 5.32 Å². The Hall–Kier alpha value is -0.0800. The first kappa shape index (κ1) is 9.47. The molecular formula is C11H21NO. The molecule has 2 nitrogen and oxygen atoms in total. The largest absolute Gasteiger partial charge is 0.396 e. The zero-order valence-corrected chi connectivity index (χ0v) is 8.60. The Bertz CT molecular complexity index is 175. The van der Waals surface area contributed by atoms with E-state index in [0.717, 1.165) is 13.0 Å². The molecule has 2 rings (SSSR count). The topological polar surface area (TPSA) is 32.3 Å². The summed E-state index contributed by atoms with van der Waals surface area (Å²) < 4.78 is 0. The van der Waals surface area contributed by atoms with Gasteiger partial charge in [-0.15, -0.1) is 0 Å². The number of nitrogens with one attached hydrogen (secondary N) is 1. The van der Waals surface area contributed by atoms with Gasteiger partial charge in [0.05, 0.1) is 0 Å². The SMILES string of the molecule is CC12CCCC(CCO)(C1)NCC2. The van der Waals surface area contributed by atoms with Crippen LogP contribution in [-0.4, -0.2) is 23.8 Å². The maximum Gasteiger partial charge on any atom is 0.0448 e.